The zero-order valence-corrected chi connectivity index (χ0v) is 25.3. The van der Waals surface area contributed by atoms with E-state index in [1.807, 2.05) is 36.5 Å². The minimum atomic E-state index is 0.666. The quantitative estimate of drug-likeness (QED) is 0.197. The number of furan rings is 1. The van der Waals surface area contributed by atoms with Crippen LogP contribution >= 0.6 is 0 Å². The van der Waals surface area contributed by atoms with E-state index in [1.165, 1.54) is 16.3 Å². The normalized spacial score (nSPS) is 11.4. The number of hydrogen-bond acceptors (Lipinski definition) is 4. The summed E-state index contributed by atoms with van der Waals surface area (Å²) in [7, 11) is 0. The Morgan fingerprint density at radius 2 is 1.06 bits per heavy atom. The topological polar surface area (TPSA) is 51.8 Å². The number of benzene rings is 6. The van der Waals surface area contributed by atoms with E-state index in [2.05, 4.69) is 126 Å². The van der Waals surface area contributed by atoms with Crippen molar-refractivity contribution in [1.29, 1.82) is 0 Å². The highest BCUT2D eigenvalue weighted by Gasteiger charge is 2.14. The Morgan fingerprint density at radius 3 is 1.94 bits per heavy atom. The van der Waals surface area contributed by atoms with Gasteiger partial charge in [0.05, 0.1) is 11.4 Å². The monoisotopic (exact) mass is 601 g/mol. The molecule has 6 aromatic carbocycles. The number of pyridine rings is 1. The molecule has 0 radical (unpaired) electrons. The fourth-order valence-electron chi connectivity index (χ4n) is 6.33. The highest BCUT2D eigenvalue weighted by molar-refractivity contribution is 6.06. The second-order valence-electron chi connectivity index (χ2n) is 11.7. The highest BCUT2D eigenvalue weighted by atomic mass is 16.3. The van der Waals surface area contributed by atoms with Crippen LogP contribution in [0.5, 0.6) is 0 Å². The molecule has 4 nitrogen and oxygen atoms in total. The summed E-state index contributed by atoms with van der Waals surface area (Å²) >= 11 is 0. The van der Waals surface area contributed by atoms with Gasteiger partial charge in [-0.25, -0.2) is 9.97 Å². The predicted molar refractivity (Wildman–Crippen MR) is 192 cm³/mol. The molecule has 0 amide bonds. The lowest BCUT2D eigenvalue weighted by Crippen LogP contribution is -1.96. The van der Waals surface area contributed by atoms with Crippen molar-refractivity contribution in [2.24, 2.45) is 0 Å². The first-order valence-electron chi connectivity index (χ1n) is 15.7. The zero-order chi connectivity index (χ0) is 31.2. The Bertz CT molecular complexity index is 2570. The van der Waals surface area contributed by atoms with E-state index < -0.39 is 0 Å². The van der Waals surface area contributed by atoms with Gasteiger partial charge in [0.15, 0.2) is 5.82 Å². The van der Waals surface area contributed by atoms with Crippen LogP contribution in [0, 0.1) is 0 Å². The van der Waals surface area contributed by atoms with Crippen molar-refractivity contribution in [3.63, 3.8) is 0 Å². The van der Waals surface area contributed by atoms with E-state index in [4.69, 9.17) is 14.4 Å². The Kier molecular flexibility index (Phi) is 6.43. The number of nitrogens with zero attached hydrogens (tertiary/aromatic N) is 3. The Labute approximate surface area is 271 Å². The Balaban J connectivity index is 1.17. The highest BCUT2D eigenvalue weighted by Crippen LogP contribution is 2.35. The lowest BCUT2D eigenvalue weighted by Gasteiger charge is -2.11. The van der Waals surface area contributed by atoms with E-state index >= 15 is 0 Å². The van der Waals surface area contributed by atoms with Crippen molar-refractivity contribution in [2.75, 3.05) is 0 Å². The molecule has 0 bridgehead atoms. The van der Waals surface area contributed by atoms with Crippen LogP contribution in [-0.4, -0.2) is 15.0 Å². The van der Waals surface area contributed by atoms with Gasteiger partial charge in [-0.3, -0.25) is 4.98 Å². The van der Waals surface area contributed by atoms with Crippen molar-refractivity contribution in [1.82, 2.24) is 15.0 Å². The van der Waals surface area contributed by atoms with Gasteiger partial charge in [-0.2, -0.15) is 0 Å². The van der Waals surface area contributed by atoms with Crippen molar-refractivity contribution in [3.8, 4) is 56.2 Å². The van der Waals surface area contributed by atoms with Gasteiger partial charge in [-0.15, -0.1) is 0 Å². The molecule has 0 spiro atoms. The van der Waals surface area contributed by atoms with Crippen molar-refractivity contribution < 1.29 is 4.42 Å². The molecule has 4 heteroatoms. The van der Waals surface area contributed by atoms with Gasteiger partial charge in [0, 0.05) is 45.4 Å². The van der Waals surface area contributed by atoms with Crippen LogP contribution in [0.15, 0.2) is 168 Å². The molecule has 9 rings (SSSR count). The predicted octanol–water partition coefficient (Wildman–Crippen LogP) is 11.3. The summed E-state index contributed by atoms with van der Waals surface area (Å²) in [6.07, 6.45) is 3.67. The summed E-state index contributed by atoms with van der Waals surface area (Å²) < 4.78 is 6.12. The second kappa shape index (κ2) is 11.2. The maximum Gasteiger partial charge on any atom is 0.160 e. The molecule has 3 heterocycles. The lowest BCUT2D eigenvalue weighted by molar-refractivity contribution is 0.669. The van der Waals surface area contributed by atoms with Gasteiger partial charge >= 0.3 is 0 Å². The minimum absolute atomic E-state index is 0.666. The van der Waals surface area contributed by atoms with Gasteiger partial charge in [-0.05, 0) is 76.0 Å². The summed E-state index contributed by atoms with van der Waals surface area (Å²) in [6.45, 7) is 0. The summed E-state index contributed by atoms with van der Waals surface area (Å²) in [5, 5.41) is 4.63. The van der Waals surface area contributed by atoms with Crippen LogP contribution in [0.25, 0.3) is 88.9 Å². The smallest absolute Gasteiger partial charge is 0.160 e. The summed E-state index contributed by atoms with van der Waals surface area (Å²) in [5.74, 6) is 0.666. The zero-order valence-electron chi connectivity index (χ0n) is 25.3. The lowest BCUT2D eigenvalue weighted by atomic mass is 9.99. The Hall–Kier alpha value is -6.39. The molecular formula is C43H27N3O. The molecule has 0 saturated carbocycles. The summed E-state index contributed by atoms with van der Waals surface area (Å²) in [4.78, 5) is 14.6. The summed E-state index contributed by atoms with van der Waals surface area (Å²) in [6, 6.07) is 52.6. The maximum atomic E-state index is 6.12. The molecule has 47 heavy (non-hydrogen) atoms. The minimum Gasteiger partial charge on any atom is -0.456 e. The van der Waals surface area contributed by atoms with Gasteiger partial charge in [-0.1, -0.05) is 103 Å². The molecule has 220 valence electrons. The average Bonchev–Trinajstić information content (AvgIpc) is 3.53. The van der Waals surface area contributed by atoms with Gasteiger partial charge in [0.25, 0.3) is 0 Å². The van der Waals surface area contributed by atoms with Gasteiger partial charge in [0.2, 0.25) is 0 Å². The average molecular weight is 602 g/mol. The van der Waals surface area contributed by atoms with E-state index in [0.29, 0.717) is 5.82 Å². The van der Waals surface area contributed by atoms with Crippen LogP contribution in [0.1, 0.15) is 0 Å². The van der Waals surface area contributed by atoms with Crippen LogP contribution in [0.3, 0.4) is 0 Å². The fraction of sp³-hybridized carbons (Fsp3) is 0. The molecule has 9 aromatic rings. The molecule has 0 aliphatic rings. The third-order valence-electron chi connectivity index (χ3n) is 8.78. The van der Waals surface area contributed by atoms with E-state index in [-0.39, 0.29) is 0 Å². The van der Waals surface area contributed by atoms with Crippen molar-refractivity contribution in [2.45, 2.75) is 0 Å². The van der Waals surface area contributed by atoms with Crippen LogP contribution in [-0.2, 0) is 0 Å². The standard InChI is InChI=1S/C43H27N3O/c1-2-8-31-23-33(19-16-28(31)7-1)29-14-17-30(18-15-29)39-26-40(34-20-21-42-38(25-34)37-12-3-4-13-41(37)47-42)46-43(45-39)35-10-5-9-32(24-35)36-11-6-22-44-27-36/h1-27H. The van der Waals surface area contributed by atoms with Gasteiger partial charge < -0.3 is 4.42 Å². The number of rotatable bonds is 5. The molecule has 0 unspecified atom stereocenters. The van der Waals surface area contributed by atoms with Crippen molar-refractivity contribution >= 4 is 32.7 Å². The first-order valence-corrected chi connectivity index (χ1v) is 15.7. The first kappa shape index (κ1) is 27.0. The number of para-hydroxylation sites is 1. The molecular weight excluding hydrogens is 574 g/mol. The molecule has 0 atom stereocenters. The van der Waals surface area contributed by atoms with Crippen molar-refractivity contribution in [3.05, 3.63) is 164 Å². The number of hydrogen-bond donors (Lipinski definition) is 0. The Morgan fingerprint density at radius 1 is 0.383 bits per heavy atom. The second-order valence-corrected chi connectivity index (χ2v) is 11.7. The first-order chi connectivity index (χ1) is 23.2. The van der Waals surface area contributed by atoms with E-state index in [1.54, 1.807) is 6.20 Å². The van der Waals surface area contributed by atoms with Crippen LogP contribution in [0.4, 0.5) is 0 Å². The third kappa shape index (κ3) is 5.02. The number of fused-ring (bicyclic) bond motifs is 4. The maximum absolute atomic E-state index is 6.12. The van der Waals surface area contributed by atoms with Gasteiger partial charge in [0.1, 0.15) is 11.2 Å². The summed E-state index contributed by atoms with van der Waals surface area (Å²) in [5.41, 5.74) is 10.9. The molecule has 0 aliphatic heterocycles. The number of aromatic nitrogens is 3. The molecule has 0 aliphatic carbocycles. The van der Waals surface area contributed by atoms with Crippen LogP contribution < -0.4 is 0 Å². The van der Waals surface area contributed by atoms with Crippen LogP contribution in [0.2, 0.25) is 0 Å². The molecule has 0 N–H and O–H groups in total. The third-order valence-corrected chi connectivity index (χ3v) is 8.78. The molecule has 0 saturated heterocycles. The molecule has 3 aromatic heterocycles. The van der Waals surface area contributed by atoms with E-state index in [9.17, 15) is 0 Å². The SMILES string of the molecule is c1cncc(-c2cccc(-c3nc(-c4ccc(-c5ccc6ccccc6c5)cc4)cc(-c4ccc5oc6ccccc6c5c4)n3)c2)c1. The largest absolute Gasteiger partial charge is 0.456 e. The molecule has 0 fully saturated rings. The fourth-order valence-corrected chi connectivity index (χ4v) is 6.33. The van der Waals surface area contributed by atoms with E-state index in [0.717, 1.165) is 66.7 Å².